The minimum atomic E-state index is -0.604. The summed E-state index contributed by atoms with van der Waals surface area (Å²) in [6, 6.07) is 12.7. The van der Waals surface area contributed by atoms with Crippen LogP contribution >= 0.6 is 0 Å². The van der Waals surface area contributed by atoms with E-state index in [9.17, 15) is 18.4 Å². The Balaban J connectivity index is 1.46. The number of carbonyl (C=O) groups excluding carboxylic acids is 2. The summed E-state index contributed by atoms with van der Waals surface area (Å²) in [5, 5.41) is 2.70. The zero-order chi connectivity index (χ0) is 23.5. The molecule has 0 fully saturated rings. The summed E-state index contributed by atoms with van der Waals surface area (Å²) < 4.78 is 38.3. The lowest BCUT2D eigenvalue weighted by molar-refractivity contribution is -0.118. The summed E-state index contributed by atoms with van der Waals surface area (Å²) in [6.45, 7) is 1.15. The van der Waals surface area contributed by atoms with Crippen molar-refractivity contribution in [3.8, 4) is 22.9 Å². The van der Waals surface area contributed by atoms with Gasteiger partial charge < -0.3 is 19.8 Å². The van der Waals surface area contributed by atoms with Crippen molar-refractivity contribution < 1.29 is 27.8 Å². The van der Waals surface area contributed by atoms with E-state index < -0.39 is 17.5 Å². The highest BCUT2D eigenvalue weighted by molar-refractivity contribution is 5.95. The third-order valence-corrected chi connectivity index (χ3v) is 4.88. The maximum atomic E-state index is 14.1. The Kier molecular flexibility index (Phi) is 6.03. The van der Waals surface area contributed by atoms with Crippen molar-refractivity contribution in [2.24, 2.45) is 0 Å². The minimum absolute atomic E-state index is 0.00919. The van der Waals surface area contributed by atoms with E-state index in [4.69, 9.17) is 9.47 Å². The first-order chi connectivity index (χ1) is 15.8. The van der Waals surface area contributed by atoms with Gasteiger partial charge in [0.05, 0.1) is 23.7 Å². The van der Waals surface area contributed by atoms with Gasteiger partial charge in [-0.2, -0.15) is 0 Å². The Hall–Kier alpha value is -4.27. The molecule has 4 rings (SSSR count). The topological polar surface area (TPSA) is 93.3 Å². The molecule has 0 aliphatic heterocycles. The molecule has 3 aromatic carbocycles. The van der Waals surface area contributed by atoms with Gasteiger partial charge in [0.15, 0.2) is 23.9 Å². The number of hydrogen-bond donors (Lipinski definition) is 2. The number of nitrogens with zero attached hydrogens (tertiary/aromatic N) is 1. The lowest BCUT2D eigenvalue weighted by atomic mass is 10.1. The highest BCUT2D eigenvalue weighted by Gasteiger charge is 2.13. The molecule has 0 saturated carbocycles. The predicted octanol–water partition coefficient (Wildman–Crippen LogP) is 4.74. The molecule has 168 valence electrons. The first-order valence-corrected chi connectivity index (χ1v) is 9.91. The molecule has 0 aliphatic carbocycles. The monoisotopic (exact) mass is 451 g/mol. The smallest absolute Gasteiger partial charge is 0.262 e. The summed E-state index contributed by atoms with van der Waals surface area (Å²) >= 11 is 0. The second-order valence-electron chi connectivity index (χ2n) is 7.20. The number of benzene rings is 3. The molecular formula is C24H19F2N3O4. The van der Waals surface area contributed by atoms with Gasteiger partial charge in [-0.3, -0.25) is 9.59 Å². The molecule has 9 heteroatoms. The molecule has 0 unspecified atom stereocenters. The van der Waals surface area contributed by atoms with E-state index in [0.717, 1.165) is 18.2 Å². The van der Waals surface area contributed by atoms with Gasteiger partial charge in [0, 0.05) is 11.3 Å². The molecule has 7 nitrogen and oxygen atoms in total. The Bertz CT molecular complexity index is 1370. The Morgan fingerprint density at radius 1 is 1.03 bits per heavy atom. The maximum absolute atomic E-state index is 14.1. The van der Waals surface area contributed by atoms with Gasteiger partial charge in [-0.1, -0.05) is 0 Å². The van der Waals surface area contributed by atoms with Gasteiger partial charge in [0.25, 0.3) is 5.91 Å². The number of amides is 1. The van der Waals surface area contributed by atoms with Gasteiger partial charge in [-0.05, 0) is 61.5 Å². The van der Waals surface area contributed by atoms with Crippen LogP contribution in [0.1, 0.15) is 17.3 Å². The molecule has 33 heavy (non-hydrogen) atoms. The van der Waals surface area contributed by atoms with E-state index in [0.29, 0.717) is 33.8 Å². The number of hydrogen-bond acceptors (Lipinski definition) is 5. The van der Waals surface area contributed by atoms with Gasteiger partial charge >= 0.3 is 0 Å². The molecular weight excluding hydrogens is 432 g/mol. The Morgan fingerprint density at radius 2 is 1.85 bits per heavy atom. The van der Waals surface area contributed by atoms with Crippen LogP contribution in [0.25, 0.3) is 22.4 Å². The van der Waals surface area contributed by atoms with Crippen molar-refractivity contribution in [2.45, 2.75) is 6.92 Å². The first-order valence-electron chi connectivity index (χ1n) is 9.91. The quantitative estimate of drug-likeness (QED) is 0.396. The van der Waals surface area contributed by atoms with E-state index in [1.54, 1.807) is 36.4 Å². The summed E-state index contributed by atoms with van der Waals surface area (Å²) in [6.07, 6.45) is 0. The van der Waals surface area contributed by atoms with Crippen molar-refractivity contribution in [3.63, 3.8) is 0 Å². The predicted molar refractivity (Wildman–Crippen MR) is 119 cm³/mol. The fourth-order valence-corrected chi connectivity index (χ4v) is 3.24. The van der Waals surface area contributed by atoms with Crippen molar-refractivity contribution in [1.29, 1.82) is 0 Å². The van der Waals surface area contributed by atoms with Crippen molar-refractivity contribution >= 4 is 28.4 Å². The van der Waals surface area contributed by atoms with Gasteiger partial charge in [0.1, 0.15) is 17.5 Å². The normalized spacial score (nSPS) is 10.8. The van der Waals surface area contributed by atoms with Crippen LogP contribution in [0.5, 0.6) is 11.5 Å². The highest BCUT2D eigenvalue weighted by atomic mass is 19.1. The first kappa shape index (κ1) is 21.9. The van der Waals surface area contributed by atoms with Crippen LogP contribution in [0, 0.1) is 11.6 Å². The van der Waals surface area contributed by atoms with Crippen molar-refractivity contribution in [1.82, 2.24) is 9.97 Å². The summed E-state index contributed by atoms with van der Waals surface area (Å²) in [5.74, 6) is -0.886. The van der Waals surface area contributed by atoms with Crippen LogP contribution in [-0.2, 0) is 4.79 Å². The zero-order valence-corrected chi connectivity index (χ0v) is 17.7. The van der Waals surface area contributed by atoms with Crippen LogP contribution in [0.3, 0.4) is 0 Å². The SMILES string of the molecule is COc1cc(C(C)=O)ccc1OCC(=O)Nc1ccc2nc(-c3cc(F)ccc3F)[nH]c2c1. The molecule has 2 N–H and O–H groups in total. The molecule has 0 radical (unpaired) electrons. The van der Waals surface area contributed by atoms with Crippen molar-refractivity contribution in [3.05, 3.63) is 71.8 Å². The fourth-order valence-electron chi connectivity index (χ4n) is 3.24. The number of methoxy groups -OCH3 is 1. The number of rotatable bonds is 7. The second kappa shape index (κ2) is 9.07. The summed E-state index contributed by atoms with van der Waals surface area (Å²) in [5.41, 5.74) is 2.00. The molecule has 0 aliphatic rings. The van der Waals surface area contributed by atoms with Gasteiger partial charge in [0.2, 0.25) is 0 Å². The molecule has 0 saturated heterocycles. The number of Topliss-reactive ketones (excluding diaryl/α,β-unsaturated/α-hetero) is 1. The van der Waals surface area contributed by atoms with Crippen LogP contribution in [0.15, 0.2) is 54.6 Å². The Morgan fingerprint density at radius 3 is 2.61 bits per heavy atom. The number of aromatic nitrogens is 2. The molecule has 1 amide bonds. The summed E-state index contributed by atoms with van der Waals surface area (Å²) in [7, 11) is 1.44. The largest absolute Gasteiger partial charge is 0.493 e. The fraction of sp³-hybridized carbons (Fsp3) is 0.125. The number of ether oxygens (including phenoxy) is 2. The molecule has 4 aromatic rings. The number of H-pyrrole nitrogens is 1. The van der Waals surface area contributed by atoms with E-state index in [1.807, 2.05) is 0 Å². The average Bonchev–Trinajstić information content (AvgIpc) is 3.22. The molecule has 0 spiro atoms. The maximum Gasteiger partial charge on any atom is 0.262 e. The third kappa shape index (κ3) is 4.82. The number of ketones is 1. The molecule has 0 bridgehead atoms. The van der Waals surface area contributed by atoms with Gasteiger partial charge in [-0.15, -0.1) is 0 Å². The van der Waals surface area contributed by atoms with Crippen molar-refractivity contribution in [2.75, 3.05) is 19.0 Å². The lowest BCUT2D eigenvalue weighted by Crippen LogP contribution is -2.20. The van der Waals surface area contributed by atoms with E-state index in [-0.39, 0.29) is 23.8 Å². The lowest BCUT2D eigenvalue weighted by Gasteiger charge is -2.11. The second-order valence-corrected chi connectivity index (χ2v) is 7.20. The molecule has 1 aromatic heterocycles. The third-order valence-electron chi connectivity index (χ3n) is 4.88. The van der Waals surface area contributed by atoms with E-state index in [1.165, 1.54) is 14.0 Å². The number of nitrogens with one attached hydrogen (secondary N) is 2. The Labute approximate surface area is 187 Å². The number of halogens is 2. The van der Waals surface area contributed by atoms with Crippen LogP contribution in [0.2, 0.25) is 0 Å². The minimum Gasteiger partial charge on any atom is -0.493 e. The van der Waals surface area contributed by atoms with Crippen LogP contribution in [0.4, 0.5) is 14.5 Å². The zero-order valence-electron chi connectivity index (χ0n) is 17.7. The van der Waals surface area contributed by atoms with E-state index >= 15 is 0 Å². The number of carbonyl (C=O) groups is 2. The number of anilines is 1. The van der Waals surface area contributed by atoms with Crippen LogP contribution < -0.4 is 14.8 Å². The van der Waals surface area contributed by atoms with Crippen LogP contribution in [-0.4, -0.2) is 35.4 Å². The number of fused-ring (bicyclic) bond motifs is 1. The van der Waals surface area contributed by atoms with E-state index in [2.05, 4.69) is 15.3 Å². The standard InChI is InChI=1S/C24H19F2N3O4/c1-13(30)14-3-8-21(22(9-14)32-2)33-12-23(31)27-16-5-7-19-20(11-16)29-24(28-19)17-10-15(25)4-6-18(17)26/h3-11H,12H2,1-2H3,(H,27,31)(H,28,29). The summed E-state index contributed by atoms with van der Waals surface area (Å²) in [4.78, 5) is 31.1. The molecule has 1 heterocycles. The average molecular weight is 451 g/mol. The molecule has 0 atom stereocenters. The number of aromatic amines is 1. The van der Waals surface area contributed by atoms with Gasteiger partial charge in [-0.25, -0.2) is 13.8 Å². The number of imidazole rings is 1. The highest BCUT2D eigenvalue weighted by Crippen LogP contribution is 2.29.